The Morgan fingerprint density at radius 2 is 1.84 bits per heavy atom. The van der Waals surface area contributed by atoms with Gasteiger partial charge in [0.15, 0.2) is 0 Å². The predicted octanol–water partition coefficient (Wildman–Crippen LogP) is 5.30. The monoisotopic (exact) mass is 469 g/mol. The molecule has 4 rings (SSSR count). The summed E-state index contributed by atoms with van der Waals surface area (Å²) >= 11 is 6.01. The second-order valence-electron chi connectivity index (χ2n) is 7.36. The van der Waals surface area contributed by atoms with Gasteiger partial charge in [0, 0.05) is 23.7 Å². The van der Waals surface area contributed by atoms with Crippen LogP contribution in [-0.4, -0.2) is 25.1 Å². The molecule has 6 nitrogen and oxygen atoms in total. The van der Waals surface area contributed by atoms with Crippen LogP contribution in [0.1, 0.15) is 18.3 Å². The molecule has 1 aromatic heterocycles. The molecule has 0 radical (unpaired) electrons. The molecule has 1 N–H and O–H groups in total. The first kappa shape index (κ1) is 22.2. The van der Waals surface area contributed by atoms with Gasteiger partial charge < -0.3 is 9.30 Å². The third-order valence-electron chi connectivity index (χ3n) is 5.28. The molecule has 0 spiro atoms. The van der Waals surface area contributed by atoms with Crippen molar-refractivity contribution in [3.8, 4) is 5.75 Å². The number of nitrogens with zero attached hydrogens (tertiary/aromatic N) is 2. The SMILES string of the molecule is CCn1c(CCc2cccc(NS(=O)(=O)c3cc(Cl)ccc3OC)c2)nc2ccccc21. The van der Waals surface area contributed by atoms with E-state index in [0.29, 0.717) is 10.7 Å². The van der Waals surface area contributed by atoms with Crippen LogP contribution < -0.4 is 9.46 Å². The summed E-state index contributed by atoms with van der Waals surface area (Å²) in [4.78, 5) is 4.77. The van der Waals surface area contributed by atoms with Crippen LogP contribution in [0.3, 0.4) is 0 Å². The standard InChI is InChI=1S/C24H24ClN3O3S/c1-3-28-21-10-5-4-9-20(21)26-24(28)14-11-17-7-6-8-19(15-17)27-32(29,30)23-16-18(25)12-13-22(23)31-2/h4-10,12-13,15-16,27H,3,11,14H2,1-2H3. The van der Waals surface area contributed by atoms with Gasteiger partial charge in [-0.05, 0) is 61.4 Å². The van der Waals surface area contributed by atoms with Gasteiger partial charge in [0.05, 0.1) is 18.1 Å². The summed E-state index contributed by atoms with van der Waals surface area (Å²) < 4.78 is 35.9. The molecule has 1 heterocycles. The van der Waals surface area contributed by atoms with Gasteiger partial charge in [-0.2, -0.15) is 0 Å². The van der Waals surface area contributed by atoms with Crippen LogP contribution in [0.2, 0.25) is 5.02 Å². The number of methoxy groups -OCH3 is 1. The fourth-order valence-corrected chi connectivity index (χ4v) is 5.27. The normalized spacial score (nSPS) is 11.6. The number of halogens is 1. The number of benzene rings is 3. The number of sulfonamides is 1. The Hall–Kier alpha value is -3.03. The summed E-state index contributed by atoms with van der Waals surface area (Å²) in [6.07, 6.45) is 1.49. The van der Waals surface area contributed by atoms with E-state index in [4.69, 9.17) is 21.3 Å². The third kappa shape index (κ3) is 4.59. The molecule has 0 fully saturated rings. The van der Waals surface area contributed by atoms with Crippen molar-refractivity contribution in [2.45, 2.75) is 31.2 Å². The number of anilines is 1. The highest BCUT2D eigenvalue weighted by Crippen LogP contribution is 2.29. The number of nitrogens with one attached hydrogen (secondary N) is 1. The minimum Gasteiger partial charge on any atom is -0.495 e. The summed E-state index contributed by atoms with van der Waals surface area (Å²) in [6.45, 7) is 2.95. The molecule has 3 aromatic carbocycles. The van der Waals surface area contributed by atoms with Crippen molar-refractivity contribution < 1.29 is 13.2 Å². The highest BCUT2D eigenvalue weighted by molar-refractivity contribution is 7.92. The lowest BCUT2D eigenvalue weighted by Gasteiger charge is -2.13. The van der Waals surface area contributed by atoms with E-state index in [-0.39, 0.29) is 10.6 Å². The lowest BCUT2D eigenvalue weighted by atomic mass is 10.1. The lowest BCUT2D eigenvalue weighted by Crippen LogP contribution is -2.14. The van der Waals surface area contributed by atoms with Gasteiger partial charge in [0.25, 0.3) is 10.0 Å². The zero-order chi connectivity index (χ0) is 22.7. The van der Waals surface area contributed by atoms with Gasteiger partial charge in [-0.1, -0.05) is 35.9 Å². The number of aryl methyl sites for hydroxylation is 3. The van der Waals surface area contributed by atoms with Gasteiger partial charge in [-0.3, -0.25) is 4.72 Å². The Morgan fingerprint density at radius 1 is 1.03 bits per heavy atom. The average molecular weight is 470 g/mol. The number of rotatable bonds is 8. The highest BCUT2D eigenvalue weighted by Gasteiger charge is 2.20. The van der Waals surface area contributed by atoms with E-state index in [9.17, 15) is 8.42 Å². The van der Waals surface area contributed by atoms with Crippen LogP contribution in [0, 0.1) is 0 Å². The molecule has 0 aliphatic rings. The van der Waals surface area contributed by atoms with Crippen molar-refractivity contribution >= 4 is 38.3 Å². The predicted molar refractivity (Wildman–Crippen MR) is 128 cm³/mol. The Balaban J connectivity index is 1.54. The van der Waals surface area contributed by atoms with E-state index in [1.807, 2.05) is 36.4 Å². The van der Waals surface area contributed by atoms with Crippen LogP contribution in [0.5, 0.6) is 5.75 Å². The lowest BCUT2D eigenvalue weighted by molar-refractivity contribution is 0.403. The first-order valence-electron chi connectivity index (χ1n) is 10.3. The minimum absolute atomic E-state index is 0.00503. The number of hydrogen-bond donors (Lipinski definition) is 1. The van der Waals surface area contributed by atoms with Gasteiger partial charge in [0.2, 0.25) is 0 Å². The number of aromatic nitrogens is 2. The molecule has 0 aliphatic carbocycles. The second-order valence-corrected chi connectivity index (χ2v) is 9.45. The molecule has 0 bridgehead atoms. The second kappa shape index (κ2) is 9.22. The Labute approximate surface area is 192 Å². The summed E-state index contributed by atoms with van der Waals surface area (Å²) in [7, 11) is -2.44. The van der Waals surface area contributed by atoms with Crippen molar-refractivity contribution in [2.24, 2.45) is 0 Å². The fourth-order valence-electron chi connectivity index (χ4n) is 3.79. The number of hydrogen-bond acceptors (Lipinski definition) is 4. The van der Waals surface area contributed by atoms with Crippen LogP contribution in [-0.2, 0) is 29.4 Å². The zero-order valence-electron chi connectivity index (χ0n) is 17.9. The first-order valence-corrected chi connectivity index (χ1v) is 12.2. The minimum atomic E-state index is -3.87. The maximum Gasteiger partial charge on any atom is 0.265 e. The zero-order valence-corrected chi connectivity index (χ0v) is 19.4. The van der Waals surface area contributed by atoms with E-state index in [1.54, 1.807) is 12.1 Å². The van der Waals surface area contributed by atoms with Crippen molar-refractivity contribution in [1.29, 1.82) is 0 Å². The van der Waals surface area contributed by atoms with Crippen LogP contribution in [0.15, 0.2) is 71.6 Å². The van der Waals surface area contributed by atoms with E-state index in [2.05, 4.69) is 22.3 Å². The molecule has 166 valence electrons. The number of para-hydroxylation sites is 2. The van der Waals surface area contributed by atoms with Gasteiger partial charge >= 0.3 is 0 Å². The molecule has 0 unspecified atom stereocenters. The topological polar surface area (TPSA) is 73.2 Å². The molecule has 8 heteroatoms. The summed E-state index contributed by atoms with van der Waals surface area (Å²) in [5.41, 5.74) is 3.61. The average Bonchev–Trinajstić information content (AvgIpc) is 3.15. The Morgan fingerprint density at radius 3 is 2.62 bits per heavy atom. The van der Waals surface area contributed by atoms with Crippen molar-refractivity contribution in [3.63, 3.8) is 0 Å². The van der Waals surface area contributed by atoms with E-state index in [1.165, 1.54) is 19.2 Å². The Kier molecular flexibility index (Phi) is 6.39. The molecule has 0 amide bonds. The van der Waals surface area contributed by atoms with Crippen molar-refractivity contribution in [3.05, 3.63) is 83.1 Å². The molecule has 4 aromatic rings. The molecule has 0 saturated carbocycles. The largest absolute Gasteiger partial charge is 0.495 e. The maximum atomic E-state index is 12.9. The number of ether oxygens (including phenoxy) is 1. The van der Waals surface area contributed by atoms with Crippen LogP contribution in [0.4, 0.5) is 5.69 Å². The molecule has 32 heavy (non-hydrogen) atoms. The smallest absolute Gasteiger partial charge is 0.265 e. The molecule has 0 saturated heterocycles. The van der Waals surface area contributed by atoms with Gasteiger partial charge in [-0.15, -0.1) is 0 Å². The Bertz CT molecular complexity index is 1370. The number of fused-ring (bicyclic) bond motifs is 1. The van der Waals surface area contributed by atoms with Crippen molar-refractivity contribution in [2.75, 3.05) is 11.8 Å². The molecule has 0 aliphatic heterocycles. The number of imidazole rings is 1. The summed E-state index contributed by atoms with van der Waals surface area (Å²) in [5, 5.41) is 0.318. The quantitative estimate of drug-likeness (QED) is 0.380. The third-order valence-corrected chi connectivity index (χ3v) is 6.92. The van der Waals surface area contributed by atoms with E-state index >= 15 is 0 Å². The molecule has 0 atom stereocenters. The van der Waals surface area contributed by atoms with Crippen LogP contribution in [0.25, 0.3) is 11.0 Å². The van der Waals surface area contributed by atoms with Gasteiger partial charge in [-0.25, -0.2) is 13.4 Å². The highest BCUT2D eigenvalue weighted by atomic mass is 35.5. The van der Waals surface area contributed by atoms with Crippen LogP contribution >= 0.6 is 11.6 Å². The van der Waals surface area contributed by atoms with Crippen molar-refractivity contribution in [1.82, 2.24) is 9.55 Å². The summed E-state index contributed by atoms with van der Waals surface area (Å²) in [5.74, 6) is 1.25. The fraction of sp³-hybridized carbons (Fsp3) is 0.208. The van der Waals surface area contributed by atoms with E-state index in [0.717, 1.165) is 41.8 Å². The van der Waals surface area contributed by atoms with E-state index < -0.39 is 10.0 Å². The molecular weight excluding hydrogens is 446 g/mol. The maximum absolute atomic E-state index is 12.9. The first-order chi connectivity index (χ1) is 15.4. The molecular formula is C24H24ClN3O3S. The van der Waals surface area contributed by atoms with Gasteiger partial charge in [0.1, 0.15) is 16.5 Å². The summed E-state index contributed by atoms with van der Waals surface area (Å²) in [6, 6.07) is 20.0.